The van der Waals surface area contributed by atoms with Gasteiger partial charge in [0, 0.05) is 11.4 Å². The predicted molar refractivity (Wildman–Crippen MR) is 76.1 cm³/mol. The molecule has 0 saturated carbocycles. The number of hydrogen-bond acceptors (Lipinski definition) is 4. The number of halogens is 1. The van der Waals surface area contributed by atoms with Crippen molar-refractivity contribution in [3.8, 4) is 5.75 Å². The Morgan fingerprint density at radius 3 is 2.80 bits per heavy atom. The lowest BCUT2D eigenvalue weighted by Crippen LogP contribution is -2.36. The lowest BCUT2D eigenvalue weighted by Gasteiger charge is -2.14. The molecule has 1 unspecified atom stereocenters. The minimum absolute atomic E-state index is 0.0612. The lowest BCUT2D eigenvalue weighted by molar-refractivity contribution is -0.137. The molecule has 1 aromatic rings. The zero-order valence-electron chi connectivity index (χ0n) is 11.1. The maximum atomic E-state index is 11.9. The molecule has 20 heavy (non-hydrogen) atoms. The first-order chi connectivity index (χ1) is 9.43. The molecule has 6 nitrogen and oxygen atoms in total. The van der Waals surface area contributed by atoms with E-state index in [0.717, 1.165) is 0 Å². The number of ether oxygens (including phenoxy) is 1. The van der Waals surface area contributed by atoms with Crippen LogP contribution in [0.15, 0.2) is 18.2 Å². The minimum Gasteiger partial charge on any atom is -0.492 e. The molecule has 0 heterocycles. The van der Waals surface area contributed by atoms with Crippen molar-refractivity contribution in [1.29, 1.82) is 0 Å². The van der Waals surface area contributed by atoms with Crippen LogP contribution in [0.1, 0.15) is 19.8 Å². The molecule has 1 rings (SSSR count). The quantitative estimate of drug-likeness (QED) is 0.713. The second-order valence-electron chi connectivity index (χ2n) is 4.10. The number of amides is 1. The standard InChI is InChI=1S/C13H17ClN2O4/c1-2-20-11-5-3-8(14)7-10(11)16-13(19)9(15)4-6-12(17)18/h3,5,7,9H,2,4,6,15H2,1H3,(H,16,19)(H,17,18). The van der Waals surface area contributed by atoms with Crippen molar-refractivity contribution in [2.45, 2.75) is 25.8 Å². The maximum absolute atomic E-state index is 11.9. The molecule has 7 heteroatoms. The summed E-state index contributed by atoms with van der Waals surface area (Å²) in [6.45, 7) is 2.26. The van der Waals surface area contributed by atoms with Gasteiger partial charge in [-0.1, -0.05) is 11.6 Å². The Hall–Kier alpha value is -1.79. The maximum Gasteiger partial charge on any atom is 0.303 e. The molecular weight excluding hydrogens is 284 g/mol. The number of carboxylic acid groups (broad SMARTS) is 1. The van der Waals surface area contributed by atoms with Crippen LogP contribution in [0.4, 0.5) is 5.69 Å². The number of rotatable bonds is 7. The molecule has 1 aromatic carbocycles. The molecule has 1 amide bonds. The molecule has 0 radical (unpaired) electrons. The van der Waals surface area contributed by atoms with Crippen LogP contribution in [0.3, 0.4) is 0 Å². The van der Waals surface area contributed by atoms with E-state index in [4.69, 9.17) is 27.2 Å². The third kappa shape index (κ3) is 5.07. The Kier molecular flexibility index (Phi) is 6.27. The normalized spacial score (nSPS) is 11.8. The number of nitrogens with two attached hydrogens (primary N) is 1. The van der Waals surface area contributed by atoms with Crippen molar-refractivity contribution in [2.24, 2.45) is 5.73 Å². The zero-order valence-corrected chi connectivity index (χ0v) is 11.8. The van der Waals surface area contributed by atoms with Gasteiger partial charge in [0.2, 0.25) is 5.91 Å². The number of benzene rings is 1. The van der Waals surface area contributed by atoms with Gasteiger partial charge in [0.05, 0.1) is 18.3 Å². The van der Waals surface area contributed by atoms with Crippen LogP contribution in [0.25, 0.3) is 0 Å². The van der Waals surface area contributed by atoms with Crippen LogP contribution in [-0.4, -0.2) is 29.6 Å². The van der Waals surface area contributed by atoms with Gasteiger partial charge in [0.1, 0.15) is 5.75 Å². The summed E-state index contributed by atoms with van der Waals surface area (Å²) in [5.41, 5.74) is 6.04. The monoisotopic (exact) mass is 300 g/mol. The van der Waals surface area contributed by atoms with Crippen molar-refractivity contribution in [2.75, 3.05) is 11.9 Å². The summed E-state index contributed by atoms with van der Waals surface area (Å²) in [6.07, 6.45) is -0.103. The van der Waals surface area contributed by atoms with Crippen molar-refractivity contribution in [1.82, 2.24) is 0 Å². The molecule has 0 bridgehead atoms. The van der Waals surface area contributed by atoms with Crippen LogP contribution >= 0.6 is 11.6 Å². The lowest BCUT2D eigenvalue weighted by atomic mass is 10.1. The highest BCUT2D eigenvalue weighted by atomic mass is 35.5. The second kappa shape index (κ2) is 7.72. The van der Waals surface area contributed by atoms with E-state index >= 15 is 0 Å². The van der Waals surface area contributed by atoms with Gasteiger partial charge >= 0.3 is 5.97 Å². The third-order valence-corrected chi connectivity index (χ3v) is 2.74. The summed E-state index contributed by atoms with van der Waals surface area (Å²) >= 11 is 5.87. The van der Waals surface area contributed by atoms with Gasteiger partial charge in [0.25, 0.3) is 0 Å². The molecule has 0 fully saturated rings. The first-order valence-corrected chi connectivity index (χ1v) is 6.52. The first-order valence-electron chi connectivity index (χ1n) is 6.14. The molecule has 110 valence electrons. The van der Waals surface area contributed by atoms with E-state index in [1.807, 2.05) is 6.92 Å². The van der Waals surface area contributed by atoms with E-state index in [0.29, 0.717) is 23.1 Å². The topological polar surface area (TPSA) is 102 Å². The Labute approximate surface area is 121 Å². The average molecular weight is 301 g/mol. The third-order valence-electron chi connectivity index (χ3n) is 2.51. The fraction of sp³-hybridized carbons (Fsp3) is 0.385. The van der Waals surface area contributed by atoms with Gasteiger partial charge in [-0.25, -0.2) is 0 Å². The SMILES string of the molecule is CCOc1ccc(Cl)cc1NC(=O)C(N)CCC(=O)O. The Morgan fingerprint density at radius 2 is 2.20 bits per heavy atom. The summed E-state index contributed by atoms with van der Waals surface area (Å²) in [7, 11) is 0. The van der Waals surface area contributed by atoms with E-state index in [-0.39, 0.29) is 12.8 Å². The van der Waals surface area contributed by atoms with Crippen LogP contribution in [-0.2, 0) is 9.59 Å². The number of anilines is 1. The average Bonchev–Trinajstić information content (AvgIpc) is 2.39. The van der Waals surface area contributed by atoms with Crippen LogP contribution in [0.5, 0.6) is 5.75 Å². The molecule has 0 aromatic heterocycles. The molecular formula is C13H17ClN2O4. The molecule has 0 aliphatic heterocycles. The molecule has 1 atom stereocenters. The first kappa shape index (κ1) is 16.3. The number of carbonyl (C=O) groups excluding carboxylic acids is 1. The number of aliphatic carboxylic acids is 1. The second-order valence-corrected chi connectivity index (χ2v) is 4.54. The number of carboxylic acids is 1. The highest BCUT2D eigenvalue weighted by Gasteiger charge is 2.17. The van der Waals surface area contributed by atoms with E-state index in [9.17, 15) is 9.59 Å². The van der Waals surface area contributed by atoms with Crippen molar-refractivity contribution >= 4 is 29.2 Å². The van der Waals surface area contributed by atoms with Crippen LogP contribution in [0, 0.1) is 0 Å². The number of hydrogen-bond donors (Lipinski definition) is 3. The smallest absolute Gasteiger partial charge is 0.303 e. The Morgan fingerprint density at radius 1 is 1.50 bits per heavy atom. The van der Waals surface area contributed by atoms with Crippen molar-refractivity contribution in [3.63, 3.8) is 0 Å². The number of carbonyl (C=O) groups is 2. The Bertz CT molecular complexity index is 493. The van der Waals surface area contributed by atoms with Gasteiger partial charge in [-0.05, 0) is 31.5 Å². The van der Waals surface area contributed by atoms with E-state index in [1.54, 1.807) is 18.2 Å². The molecule has 0 aliphatic rings. The van der Waals surface area contributed by atoms with E-state index in [1.165, 1.54) is 0 Å². The highest BCUT2D eigenvalue weighted by Crippen LogP contribution is 2.28. The minimum atomic E-state index is -0.994. The summed E-state index contributed by atoms with van der Waals surface area (Å²) < 4.78 is 5.36. The van der Waals surface area contributed by atoms with Crippen LogP contribution < -0.4 is 15.8 Å². The summed E-state index contributed by atoms with van der Waals surface area (Å²) in [6, 6.07) is 3.94. The highest BCUT2D eigenvalue weighted by molar-refractivity contribution is 6.31. The predicted octanol–water partition coefficient (Wildman–Crippen LogP) is 1.87. The van der Waals surface area contributed by atoms with E-state index in [2.05, 4.69) is 5.32 Å². The molecule has 0 saturated heterocycles. The van der Waals surface area contributed by atoms with Gasteiger partial charge in [-0.3, -0.25) is 9.59 Å². The van der Waals surface area contributed by atoms with Gasteiger partial charge in [-0.15, -0.1) is 0 Å². The van der Waals surface area contributed by atoms with E-state index < -0.39 is 17.9 Å². The fourth-order valence-electron chi connectivity index (χ4n) is 1.52. The summed E-state index contributed by atoms with van der Waals surface area (Å²) in [4.78, 5) is 22.3. The Balaban J connectivity index is 2.73. The van der Waals surface area contributed by atoms with Gasteiger partial charge in [-0.2, -0.15) is 0 Å². The molecule has 0 aliphatic carbocycles. The van der Waals surface area contributed by atoms with Gasteiger partial charge in [0.15, 0.2) is 0 Å². The summed E-state index contributed by atoms with van der Waals surface area (Å²) in [5, 5.41) is 11.6. The zero-order chi connectivity index (χ0) is 15.1. The van der Waals surface area contributed by atoms with Crippen LogP contribution in [0.2, 0.25) is 5.02 Å². The largest absolute Gasteiger partial charge is 0.492 e. The number of nitrogens with one attached hydrogen (secondary N) is 1. The summed E-state index contributed by atoms with van der Waals surface area (Å²) in [5.74, 6) is -0.990. The molecule has 0 spiro atoms. The van der Waals surface area contributed by atoms with Crippen molar-refractivity contribution in [3.05, 3.63) is 23.2 Å². The molecule has 4 N–H and O–H groups in total. The van der Waals surface area contributed by atoms with Gasteiger partial charge < -0.3 is 20.9 Å². The fourth-order valence-corrected chi connectivity index (χ4v) is 1.69. The van der Waals surface area contributed by atoms with Crippen molar-refractivity contribution < 1.29 is 19.4 Å².